The first-order valence-electron chi connectivity index (χ1n) is 6.73. The van der Waals surface area contributed by atoms with E-state index in [4.69, 9.17) is 0 Å². The van der Waals surface area contributed by atoms with E-state index in [0.717, 1.165) is 17.9 Å². The summed E-state index contributed by atoms with van der Waals surface area (Å²) in [5, 5.41) is 0. The van der Waals surface area contributed by atoms with Gasteiger partial charge in [-0.15, -0.1) is 0 Å². The second-order valence-corrected chi connectivity index (χ2v) is 6.56. The van der Waals surface area contributed by atoms with Crippen LogP contribution in [0.3, 0.4) is 0 Å². The van der Waals surface area contributed by atoms with Crippen LogP contribution in [0.5, 0.6) is 0 Å². The first-order chi connectivity index (χ1) is 8.24. The third-order valence-electron chi connectivity index (χ3n) is 4.38. The molecule has 1 saturated carbocycles. The highest BCUT2D eigenvalue weighted by atomic mass is 79.9. The van der Waals surface area contributed by atoms with Crippen LogP contribution in [0.15, 0.2) is 28.7 Å². The van der Waals surface area contributed by atoms with Gasteiger partial charge >= 0.3 is 0 Å². The van der Waals surface area contributed by atoms with E-state index in [1.165, 1.54) is 42.4 Å². The molecule has 0 N–H and O–H groups in total. The zero-order chi connectivity index (χ0) is 11.8. The summed E-state index contributed by atoms with van der Waals surface area (Å²) in [6, 6.07) is 9.72. The fourth-order valence-electron chi connectivity index (χ4n) is 3.13. The van der Waals surface area contributed by atoms with Crippen molar-refractivity contribution in [2.24, 2.45) is 5.92 Å². The lowest BCUT2D eigenvalue weighted by molar-refractivity contribution is 0.256. The predicted octanol–water partition coefficient (Wildman–Crippen LogP) is 4.04. The number of hydrogen-bond acceptors (Lipinski definition) is 1. The summed E-state index contributed by atoms with van der Waals surface area (Å²) in [4.78, 5) is 2.68. The summed E-state index contributed by atoms with van der Waals surface area (Å²) >= 11 is 3.50. The molecule has 0 spiro atoms. The van der Waals surface area contributed by atoms with Crippen LogP contribution in [0.2, 0.25) is 0 Å². The largest absolute Gasteiger partial charge is 0.300 e. The van der Waals surface area contributed by atoms with Crippen molar-refractivity contribution in [2.75, 3.05) is 13.1 Å². The quantitative estimate of drug-likeness (QED) is 0.813. The van der Waals surface area contributed by atoms with Gasteiger partial charge in [-0.25, -0.2) is 0 Å². The zero-order valence-corrected chi connectivity index (χ0v) is 12.0. The Labute approximate surface area is 112 Å². The topological polar surface area (TPSA) is 3.24 Å². The lowest BCUT2D eigenvalue weighted by Crippen LogP contribution is -2.29. The molecule has 1 aromatic carbocycles. The Morgan fingerprint density at radius 2 is 2.06 bits per heavy atom. The Bertz CT molecular complexity index is 386. The minimum Gasteiger partial charge on any atom is -0.300 e. The van der Waals surface area contributed by atoms with Crippen molar-refractivity contribution in [3.8, 4) is 0 Å². The van der Waals surface area contributed by atoms with Crippen molar-refractivity contribution in [2.45, 2.75) is 38.1 Å². The first kappa shape index (κ1) is 11.7. The summed E-state index contributed by atoms with van der Waals surface area (Å²) in [5.74, 6) is 1.74. The summed E-state index contributed by atoms with van der Waals surface area (Å²) in [6.07, 6.45) is 4.19. The molecule has 1 unspecified atom stereocenters. The number of hydrogen-bond donors (Lipinski definition) is 0. The maximum Gasteiger partial charge on any atom is 0.0175 e. The smallest absolute Gasteiger partial charge is 0.0175 e. The normalized spacial score (nSPS) is 32.9. The Kier molecular flexibility index (Phi) is 3.27. The molecule has 92 valence electrons. The maximum absolute atomic E-state index is 3.50. The van der Waals surface area contributed by atoms with Crippen LogP contribution in [-0.2, 0) is 0 Å². The van der Waals surface area contributed by atoms with Crippen LogP contribution >= 0.6 is 15.9 Å². The summed E-state index contributed by atoms with van der Waals surface area (Å²) < 4.78 is 1.19. The highest BCUT2D eigenvalue weighted by Gasteiger charge is 2.40. The molecule has 1 aliphatic heterocycles. The van der Waals surface area contributed by atoms with Gasteiger partial charge in [-0.2, -0.15) is 0 Å². The molecule has 2 aliphatic rings. The number of nitrogens with zero attached hydrogens (tertiary/aromatic N) is 1. The van der Waals surface area contributed by atoms with Crippen molar-refractivity contribution >= 4 is 15.9 Å². The molecule has 3 rings (SSSR count). The third-order valence-corrected chi connectivity index (χ3v) is 4.91. The van der Waals surface area contributed by atoms with Crippen molar-refractivity contribution in [1.82, 2.24) is 4.90 Å². The molecule has 2 heteroatoms. The van der Waals surface area contributed by atoms with Crippen LogP contribution in [0.4, 0.5) is 0 Å². The van der Waals surface area contributed by atoms with Gasteiger partial charge in [0.2, 0.25) is 0 Å². The van der Waals surface area contributed by atoms with Gasteiger partial charge in [0, 0.05) is 17.1 Å². The van der Waals surface area contributed by atoms with Gasteiger partial charge in [-0.1, -0.05) is 28.1 Å². The Hall–Kier alpha value is -0.340. The Morgan fingerprint density at radius 1 is 1.29 bits per heavy atom. The molecule has 1 saturated heterocycles. The molecule has 0 aromatic heterocycles. The van der Waals surface area contributed by atoms with Crippen molar-refractivity contribution in [3.63, 3.8) is 0 Å². The van der Waals surface area contributed by atoms with Gasteiger partial charge in [0.15, 0.2) is 0 Å². The number of halogens is 1. The average Bonchev–Trinajstić information content (AvgIpc) is 2.97. The Balaban J connectivity index is 1.57. The van der Waals surface area contributed by atoms with Crippen LogP contribution in [-0.4, -0.2) is 24.0 Å². The van der Waals surface area contributed by atoms with Gasteiger partial charge in [0.05, 0.1) is 0 Å². The third kappa shape index (κ3) is 2.58. The van der Waals surface area contributed by atoms with Crippen molar-refractivity contribution in [1.29, 1.82) is 0 Å². The first-order valence-corrected chi connectivity index (χ1v) is 7.53. The molecule has 0 amide bonds. The number of benzene rings is 1. The predicted molar refractivity (Wildman–Crippen MR) is 75.3 cm³/mol. The van der Waals surface area contributed by atoms with Gasteiger partial charge in [-0.3, -0.25) is 0 Å². The van der Waals surface area contributed by atoms with E-state index in [0.29, 0.717) is 0 Å². The highest BCUT2D eigenvalue weighted by molar-refractivity contribution is 9.10. The molecule has 2 fully saturated rings. The molecule has 1 nitrogen and oxygen atoms in total. The molecule has 1 aliphatic carbocycles. The van der Waals surface area contributed by atoms with Crippen molar-refractivity contribution < 1.29 is 0 Å². The molecule has 17 heavy (non-hydrogen) atoms. The van der Waals surface area contributed by atoms with Gasteiger partial charge in [0.1, 0.15) is 0 Å². The fraction of sp³-hybridized carbons (Fsp3) is 0.600. The van der Waals surface area contributed by atoms with E-state index in [-0.39, 0.29) is 0 Å². The molecule has 0 radical (unpaired) electrons. The Morgan fingerprint density at radius 3 is 2.71 bits per heavy atom. The minimum absolute atomic E-state index is 0.821. The molecule has 1 aromatic rings. The van der Waals surface area contributed by atoms with Crippen LogP contribution in [0.25, 0.3) is 0 Å². The van der Waals surface area contributed by atoms with E-state index < -0.39 is 0 Å². The monoisotopic (exact) mass is 293 g/mol. The van der Waals surface area contributed by atoms with Gasteiger partial charge in [-0.05, 0) is 62.3 Å². The van der Waals surface area contributed by atoms with E-state index >= 15 is 0 Å². The second kappa shape index (κ2) is 4.74. The van der Waals surface area contributed by atoms with Gasteiger partial charge in [0.25, 0.3) is 0 Å². The SMILES string of the molecule is C[C@@H]1CCCN1CC1C[C@H]1c1ccc(Br)cc1. The lowest BCUT2D eigenvalue weighted by Gasteiger charge is -2.20. The van der Waals surface area contributed by atoms with E-state index in [1.807, 2.05) is 0 Å². The minimum atomic E-state index is 0.821. The molecular formula is C15H20BrN. The summed E-state index contributed by atoms with van der Waals surface area (Å²) in [5.41, 5.74) is 1.53. The molecule has 1 heterocycles. The average molecular weight is 294 g/mol. The maximum atomic E-state index is 3.50. The lowest BCUT2D eigenvalue weighted by atomic mass is 10.1. The summed E-state index contributed by atoms with van der Waals surface area (Å²) in [7, 11) is 0. The molecule has 0 bridgehead atoms. The molecular weight excluding hydrogens is 274 g/mol. The zero-order valence-electron chi connectivity index (χ0n) is 10.4. The van der Waals surface area contributed by atoms with Crippen LogP contribution < -0.4 is 0 Å². The number of rotatable bonds is 3. The van der Waals surface area contributed by atoms with Gasteiger partial charge < -0.3 is 4.90 Å². The van der Waals surface area contributed by atoms with Crippen LogP contribution in [0.1, 0.15) is 37.7 Å². The fourth-order valence-corrected chi connectivity index (χ4v) is 3.40. The summed E-state index contributed by atoms with van der Waals surface area (Å²) in [6.45, 7) is 5.02. The van der Waals surface area contributed by atoms with E-state index in [2.05, 4.69) is 52.0 Å². The van der Waals surface area contributed by atoms with Crippen LogP contribution in [0, 0.1) is 5.92 Å². The van der Waals surface area contributed by atoms with E-state index in [9.17, 15) is 0 Å². The molecule has 3 atom stereocenters. The highest BCUT2D eigenvalue weighted by Crippen LogP contribution is 2.48. The van der Waals surface area contributed by atoms with E-state index in [1.54, 1.807) is 0 Å². The standard InChI is InChI=1S/C15H20BrN/c1-11-3-2-8-17(11)10-13-9-15(13)12-4-6-14(16)7-5-12/h4-7,11,13,15H,2-3,8-10H2,1H3/t11-,13?,15+/m1/s1. The second-order valence-electron chi connectivity index (χ2n) is 5.64. The number of likely N-dealkylation sites (tertiary alicyclic amines) is 1. The van der Waals surface area contributed by atoms with Crippen molar-refractivity contribution in [3.05, 3.63) is 34.3 Å².